The normalized spacial score (nSPS) is 17.1. The van der Waals surface area contributed by atoms with Crippen LogP contribution in [0.2, 0.25) is 0 Å². The van der Waals surface area contributed by atoms with Crippen molar-refractivity contribution >= 4 is 59.3 Å². The maximum Gasteiger partial charge on any atom is 0.325 e. The predicted octanol–water partition coefficient (Wildman–Crippen LogP) is 6.05. The number of nitrogens with one attached hydrogen (secondary N) is 5. The van der Waals surface area contributed by atoms with Crippen molar-refractivity contribution in [1.82, 2.24) is 21.3 Å². The second-order valence-electron chi connectivity index (χ2n) is 14.1. The van der Waals surface area contributed by atoms with Crippen molar-refractivity contribution in [3.63, 3.8) is 0 Å². The Bertz CT molecular complexity index is 1050. The number of allylic oxidation sites excluding steroid dienone is 1. The van der Waals surface area contributed by atoms with E-state index in [1.54, 1.807) is 20.8 Å². The molecule has 1 rings (SSSR count). The number of rotatable bonds is 20. The molecule has 1 heterocycles. The summed E-state index contributed by atoms with van der Waals surface area (Å²) in [5.74, 6) is 3.75. The molecule has 1 aliphatic rings. The summed E-state index contributed by atoms with van der Waals surface area (Å²) in [7, 11) is 0. The SMILES string of the molecule is C=C(C=N)CC.CC(C)C(=O)NC1(C)CSCC1C.CCCCCSCCC(=O)NCCCCC(NC(C)=O)C(=O)NCC(=O)OC(C)(C)C. The molecule has 1 saturated heterocycles. The minimum absolute atomic E-state index is 0.0199. The molecule has 0 aromatic rings. The van der Waals surface area contributed by atoms with Crippen LogP contribution in [0.25, 0.3) is 0 Å². The number of carbonyl (C=O) groups excluding carboxylic acids is 5. The fraction of sp³-hybridized carbons (Fsp3) is 0.784. The van der Waals surface area contributed by atoms with Crippen LogP contribution in [0.1, 0.15) is 121 Å². The Balaban J connectivity index is 0. The van der Waals surface area contributed by atoms with Crippen LogP contribution in [0.15, 0.2) is 12.2 Å². The lowest BCUT2D eigenvalue weighted by molar-refractivity contribution is -0.154. The molecule has 13 heteroatoms. The first-order chi connectivity index (χ1) is 23.3. The number of esters is 1. The number of ether oxygens (including phenoxy) is 1. The average molecular weight is 744 g/mol. The predicted molar refractivity (Wildman–Crippen MR) is 211 cm³/mol. The molecule has 0 saturated carbocycles. The molecule has 11 nitrogen and oxygen atoms in total. The summed E-state index contributed by atoms with van der Waals surface area (Å²) >= 11 is 3.74. The first-order valence-corrected chi connectivity index (χ1v) is 20.3. The van der Waals surface area contributed by atoms with E-state index in [4.69, 9.17) is 10.1 Å². The van der Waals surface area contributed by atoms with Crippen LogP contribution in [0.5, 0.6) is 0 Å². The Morgan fingerprint density at radius 3 is 2.18 bits per heavy atom. The number of amides is 4. The zero-order valence-electron chi connectivity index (χ0n) is 32.7. The van der Waals surface area contributed by atoms with Crippen molar-refractivity contribution in [1.29, 1.82) is 5.41 Å². The van der Waals surface area contributed by atoms with Gasteiger partial charge in [0.05, 0.1) is 0 Å². The molecule has 3 unspecified atom stereocenters. The first kappa shape index (κ1) is 49.6. The smallest absolute Gasteiger partial charge is 0.325 e. The van der Waals surface area contributed by atoms with Crippen LogP contribution in [0.3, 0.4) is 0 Å². The van der Waals surface area contributed by atoms with Gasteiger partial charge in [-0.25, -0.2) is 0 Å². The first-order valence-electron chi connectivity index (χ1n) is 18.0. The summed E-state index contributed by atoms with van der Waals surface area (Å²) in [6.07, 6.45) is 8.09. The van der Waals surface area contributed by atoms with Gasteiger partial charge in [-0.15, -0.1) is 0 Å². The van der Waals surface area contributed by atoms with Gasteiger partial charge in [-0.1, -0.05) is 54.0 Å². The topological polar surface area (TPSA) is 167 Å². The van der Waals surface area contributed by atoms with E-state index < -0.39 is 23.5 Å². The second-order valence-corrected chi connectivity index (χ2v) is 16.4. The van der Waals surface area contributed by atoms with E-state index in [0.29, 0.717) is 38.1 Å². The van der Waals surface area contributed by atoms with Crippen molar-refractivity contribution in [3.05, 3.63) is 12.2 Å². The Kier molecular flexibility index (Phi) is 27.9. The number of thioether (sulfide) groups is 2. The Morgan fingerprint density at radius 2 is 1.70 bits per heavy atom. The van der Waals surface area contributed by atoms with E-state index in [-0.39, 0.29) is 35.7 Å². The van der Waals surface area contributed by atoms with E-state index in [2.05, 4.69) is 48.6 Å². The zero-order chi connectivity index (χ0) is 38.8. The maximum absolute atomic E-state index is 12.3. The second kappa shape index (κ2) is 28.1. The van der Waals surface area contributed by atoms with E-state index in [0.717, 1.165) is 35.0 Å². The van der Waals surface area contributed by atoms with Gasteiger partial charge in [0.2, 0.25) is 23.6 Å². The average Bonchev–Trinajstić information content (AvgIpc) is 3.36. The molecular weight excluding hydrogens is 675 g/mol. The van der Waals surface area contributed by atoms with Crippen LogP contribution in [-0.2, 0) is 28.7 Å². The fourth-order valence-corrected chi connectivity index (χ4v) is 6.71. The van der Waals surface area contributed by atoms with E-state index in [9.17, 15) is 24.0 Å². The quantitative estimate of drug-likeness (QED) is 0.0571. The summed E-state index contributed by atoms with van der Waals surface area (Å²) in [5, 5.41) is 17.7. The van der Waals surface area contributed by atoms with Gasteiger partial charge in [0.25, 0.3) is 0 Å². The van der Waals surface area contributed by atoms with Crippen LogP contribution in [-0.4, -0.2) is 89.1 Å². The third-order valence-corrected chi connectivity index (χ3v) is 10.2. The van der Waals surface area contributed by atoms with Crippen LogP contribution >= 0.6 is 23.5 Å². The van der Waals surface area contributed by atoms with Crippen molar-refractivity contribution < 1.29 is 28.7 Å². The van der Waals surface area contributed by atoms with Gasteiger partial charge in [-0.2, -0.15) is 23.5 Å². The van der Waals surface area contributed by atoms with Gasteiger partial charge < -0.3 is 31.4 Å². The van der Waals surface area contributed by atoms with E-state index in [1.165, 1.54) is 32.4 Å². The minimum atomic E-state index is -0.727. The van der Waals surface area contributed by atoms with Gasteiger partial charge in [-0.3, -0.25) is 24.0 Å². The molecule has 1 aliphatic heterocycles. The standard InChI is InChI=1S/C22H41N3O5S.C10H19NOS.C5H9N/c1-6-7-10-14-31-15-12-19(27)23-13-9-8-11-18(25-17(2)26)21(29)24-16-20(28)30-22(3,4)5;1-7(2)9(12)11-10(4)6-13-5-8(10)3;1-3-5(2)4-6/h18H,6-16H2,1-5H3,(H,23,27)(H,24,29)(H,25,26);7-8H,5-6H2,1-4H3,(H,11,12);4,6H,2-3H2,1H3. The third-order valence-electron chi connectivity index (χ3n) is 7.58. The van der Waals surface area contributed by atoms with E-state index in [1.807, 2.05) is 44.3 Å². The van der Waals surface area contributed by atoms with Gasteiger partial charge in [0.15, 0.2) is 0 Å². The molecule has 0 bridgehead atoms. The van der Waals surface area contributed by atoms with Crippen LogP contribution in [0, 0.1) is 17.2 Å². The molecule has 50 heavy (non-hydrogen) atoms. The number of hydrogen-bond acceptors (Lipinski definition) is 9. The summed E-state index contributed by atoms with van der Waals surface area (Å²) in [4.78, 5) is 58.8. The van der Waals surface area contributed by atoms with Gasteiger partial charge >= 0.3 is 5.97 Å². The maximum atomic E-state index is 12.3. The Hall–Kier alpha value is -2.54. The van der Waals surface area contributed by atoms with Crippen LogP contribution < -0.4 is 21.3 Å². The molecule has 0 aromatic heterocycles. The van der Waals surface area contributed by atoms with Crippen molar-refractivity contribution in [2.75, 3.05) is 36.1 Å². The molecular formula is C37H69N5O6S2. The van der Waals surface area contributed by atoms with E-state index >= 15 is 0 Å². The van der Waals surface area contributed by atoms with Gasteiger partial charge in [-0.05, 0) is 82.8 Å². The summed E-state index contributed by atoms with van der Waals surface area (Å²) in [6.45, 7) is 22.8. The highest BCUT2D eigenvalue weighted by Crippen LogP contribution is 2.33. The van der Waals surface area contributed by atoms with Gasteiger partial charge in [0, 0.05) is 49.1 Å². The van der Waals surface area contributed by atoms with Crippen molar-refractivity contribution in [2.45, 2.75) is 138 Å². The number of hydrogen-bond donors (Lipinski definition) is 5. The lowest BCUT2D eigenvalue weighted by Gasteiger charge is -2.30. The zero-order valence-corrected chi connectivity index (χ0v) is 34.3. The lowest BCUT2D eigenvalue weighted by Crippen LogP contribution is -2.51. The van der Waals surface area contributed by atoms with Crippen molar-refractivity contribution in [2.24, 2.45) is 11.8 Å². The third kappa shape index (κ3) is 27.2. The largest absolute Gasteiger partial charge is 0.459 e. The highest BCUT2D eigenvalue weighted by Gasteiger charge is 2.37. The highest BCUT2D eigenvalue weighted by atomic mass is 32.2. The molecule has 3 atom stereocenters. The monoisotopic (exact) mass is 743 g/mol. The summed E-state index contributed by atoms with van der Waals surface area (Å²) < 4.78 is 5.15. The molecule has 0 spiro atoms. The molecule has 290 valence electrons. The summed E-state index contributed by atoms with van der Waals surface area (Å²) in [6, 6.07) is -0.727. The molecule has 5 N–H and O–H groups in total. The number of unbranched alkanes of at least 4 members (excludes halogenated alkanes) is 3. The Morgan fingerprint density at radius 1 is 1.04 bits per heavy atom. The minimum Gasteiger partial charge on any atom is -0.459 e. The van der Waals surface area contributed by atoms with Crippen LogP contribution in [0.4, 0.5) is 0 Å². The van der Waals surface area contributed by atoms with Crippen molar-refractivity contribution in [3.8, 4) is 0 Å². The summed E-state index contributed by atoms with van der Waals surface area (Å²) in [5.41, 5.74) is 0.276. The molecule has 0 aromatic carbocycles. The Labute approximate surface area is 311 Å². The molecule has 0 radical (unpaired) electrons. The van der Waals surface area contributed by atoms with Gasteiger partial charge in [0.1, 0.15) is 18.2 Å². The molecule has 0 aliphatic carbocycles. The molecule has 1 fully saturated rings. The molecule has 4 amide bonds. The number of carbonyl (C=O) groups is 5. The highest BCUT2D eigenvalue weighted by molar-refractivity contribution is 7.99. The lowest BCUT2D eigenvalue weighted by atomic mass is 9.90. The fourth-order valence-electron chi connectivity index (χ4n) is 4.15.